The Morgan fingerprint density at radius 2 is 2.11 bits per heavy atom. The van der Waals surface area contributed by atoms with Gasteiger partial charge in [0.25, 0.3) is 0 Å². The van der Waals surface area contributed by atoms with Gasteiger partial charge in [-0.25, -0.2) is 17.7 Å². The largest absolute Gasteiger partial charge is 0.383 e. The number of nitrogens with zero attached hydrogens (tertiary/aromatic N) is 4. The van der Waals surface area contributed by atoms with Gasteiger partial charge in [0.2, 0.25) is 10.0 Å². The quantitative estimate of drug-likeness (QED) is 0.388. The van der Waals surface area contributed by atoms with Crippen LogP contribution in [-0.2, 0) is 22.7 Å². The number of hydrogen-bond donors (Lipinski definition) is 3. The number of aryl methyl sites for hydroxylation is 1. The molecule has 1 aliphatic heterocycles. The summed E-state index contributed by atoms with van der Waals surface area (Å²) in [5.41, 5.74) is -0.483. The molecule has 2 heterocycles. The van der Waals surface area contributed by atoms with E-state index in [9.17, 15) is 13.5 Å². The Bertz CT molecular complexity index is 726. The SMILES string of the molecule is CCNC(=NCC(C)(O)c1cnn(C)c1)NCCS(=O)(=O)N1CCSCC1. The summed E-state index contributed by atoms with van der Waals surface area (Å²) in [7, 11) is -1.48. The van der Waals surface area contributed by atoms with Crippen LogP contribution in [-0.4, -0.2) is 83.6 Å². The summed E-state index contributed by atoms with van der Waals surface area (Å²) in [6, 6.07) is 0. The Kier molecular flexibility index (Phi) is 7.95. The predicted octanol–water partition coefficient (Wildman–Crippen LogP) is -0.439. The average Bonchev–Trinajstić information content (AvgIpc) is 3.08. The smallest absolute Gasteiger partial charge is 0.215 e. The zero-order chi connectivity index (χ0) is 19.9. The molecule has 0 radical (unpaired) electrons. The molecule has 1 aromatic heterocycles. The van der Waals surface area contributed by atoms with Gasteiger partial charge in [0, 0.05) is 56.5 Å². The summed E-state index contributed by atoms with van der Waals surface area (Å²) in [4.78, 5) is 4.40. The van der Waals surface area contributed by atoms with Gasteiger partial charge in [-0.15, -0.1) is 0 Å². The lowest BCUT2D eigenvalue weighted by atomic mass is 10.0. The van der Waals surface area contributed by atoms with E-state index in [0.29, 0.717) is 31.2 Å². The molecule has 3 N–H and O–H groups in total. The highest BCUT2D eigenvalue weighted by molar-refractivity contribution is 7.99. The molecule has 0 bridgehead atoms. The van der Waals surface area contributed by atoms with Crippen LogP contribution >= 0.6 is 11.8 Å². The zero-order valence-electron chi connectivity index (χ0n) is 16.2. The lowest BCUT2D eigenvalue weighted by Gasteiger charge is -2.25. The van der Waals surface area contributed by atoms with Gasteiger partial charge in [-0.1, -0.05) is 0 Å². The molecular formula is C16H30N6O3S2. The number of aliphatic imine (C=N–C) groups is 1. The highest BCUT2D eigenvalue weighted by Crippen LogP contribution is 2.19. The first kappa shape index (κ1) is 22.0. The third kappa shape index (κ3) is 6.66. The lowest BCUT2D eigenvalue weighted by molar-refractivity contribution is 0.0672. The van der Waals surface area contributed by atoms with E-state index in [1.54, 1.807) is 47.1 Å². The fourth-order valence-electron chi connectivity index (χ4n) is 2.62. The van der Waals surface area contributed by atoms with Gasteiger partial charge in [0.15, 0.2) is 5.96 Å². The standard InChI is InChI=1S/C16H30N6O3S2/c1-4-17-15(19-13-16(2,23)14-11-20-21(3)12-14)18-5-10-27(24,25)22-6-8-26-9-7-22/h11-12,23H,4-10,13H2,1-3H3,(H2,17,18,19). The van der Waals surface area contributed by atoms with Crippen LogP contribution in [0.3, 0.4) is 0 Å². The Hall–Kier alpha value is -1.30. The maximum Gasteiger partial charge on any atom is 0.215 e. The van der Waals surface area contributed by atoms with Gasteiger partial charge >= 0.3 is 0 Å². The fraction of sp³-hybridized carbons (Fsp3) is 0.750. The van der Waals surface area contributed by atoms with Gasteiger partial charge < -0.3 is 15.7 Å². The van der Waals surface area contributed by atoms with E-state index >= 15 is 0 Å². The minimum Gasteiger partial charge on any atom is -0.383 e. The second kappa shape index (κ2) is 9.76. The Labute approximate surface area is 165 Å². The number of aliphatic hydroxyl groups is 1. The number of nitrogens with one attached hydrogen (secondary N) is 2. The Balaban J connectivity index is 1.91. The monoisotopic (exact) mass is 418 g/mol. The van der Waals surface area contributed by atoms with E-state index in [2.05, 4.69) is 20.7 Å². The van der Waals surface area contributed by atoms with Crippen LogP contribution in [0.25, 0.3) is 0 Å². The zero-order valence-corrected chi connectivity index (χ0v) is 17.8. The number of aromatic nitrogens is 2. The van der Waals surface area contributed by atoms with Gasteiger partial charge in [0.1, 0.15) is 5.60 Å². The summed E-state index contributed by atoms with van der Waals surface area (Å²) in [5.74, 6) is 2.19. The van der Waals surface area contributed by atoms with E-state index in [0.717, 1.165) is 11.5 Å². The predicted molar refractivity (Wildman–Crippen MR) is 109 cm³/mol. The van der Waals surface area contributed by atoms with Crippen molar-refractivity contribution in [3.63, 3.8) is 0 Å². The molecule has 9 nitrogen and oxygen atoms in total. The summed E-state index contributed by atoms with van der Waals surface area (Å²) >= 11 is 1.78. The van der Waals surface area contributed by atoms with Crippen molar-refractivity contribution in [3.05, 3.63) is 18.0 Å². The Morgan fingerprint density at radius 3 is 2.70 bits per heavy atom. The summed E-state index contributed by atoms with van der Waals surface area (Å²) in [6.45, 7) is 5.78. The molecule has 1 aliphatic rings. The van der Waals surface area contributed by atoms with E-state index in [1.165, 1.54) is 0 Å². The first-order valence-electron chi connectivity index (χ1n) is 9.04. The summed E-state index contributed by atoms with van der Waals surface area (Å²) in [6.07, 6.45) is 3.36. The maximum absolute atomic E-state index is 12.4. The molecule has 1 atom stereocenters. The number of hydrogen-bond acceptors (Lipinski definition) is 6. The molecule has 2 rings (SSSR count). The Morgan fingerprint density at radius 1 is 1.41 bits per heavy atom. The summed E-state index contributed by atoms with van der Waals surface area (Å²) in [5, 5.41) is 20.8. The molecule has 0 aliphatic carbocycles. The third-order valence-corrected chi connectivity index (χ3v) is 7.05. The van der Waals surface area contributed by atoms with Gasteiger partial charge in [-0.05, 0) is 13.8 Å². The molecule has 11 heteroatoms. The molecule has 0 amide bonds. The molecule has 1 saturated heterocycles. The van der Waals surface area contributed by atoms with Crippen LogP contribution in [0.1, 0.15) is 19.4 Å². The number of guanidine groups is 1. The lowest BCUT2D eigenvalue weighted by Crippen LogP contribution is -2.44. The van der Waals surface area contributed by atoms with Crippen molar-refractivity contribution in [2.45, 2.75) is 19.4 Å². The van der Waals surface area contributed by atoms with Crippen LogP contribution in [0.2, 0.25) is 0 Å². The van der Waals surface area contributed by atoms with Crippen molar-refractivity contribution >= 4 is 27.7 Å². The molecule has 0 saturated carbocycles. The van der Waals surface area contributed by atoms with Crippen molar-refractivity contribution in [1.82, 2.24) is 24.7 Å². The van der Waals surface area contributed by atoms with E-state index in [-0.39, 0.29) is 18.8 Å². The third-order valence-electron chi connectivity index (χ3n) is 4.23. The van der Waals surface area contributed by atoms with Crippen molar-refractivity contribution in [2.24, 2.45) is 12.0 Å². The van der Waals surface area contributed by atoms with Crippen LogP contribution in [0.5, 0.6) is 0 Å². The van der Waals surface area contributed by atoms with Crippen molar-refractivity contribution < 1.29 is 13.5 Å². The molecule has 1 unspecified atom stereocenters. The highest BCUT2D eigenvalue weighted by Gasteiger charge is 2.25. The molecule has 27 heavy (non-hydrogen) atoms. The first-order chi connectivity index (χ1) is 12.7. The molecule has 0 aromatic carbocycles. The normalized spacial score (nSPS) is 18.9. The topological polar surface area (TPSA) is 112 Å². The first-order valence-corrected chi connectivity index (χ1v) is 11.8. The summed E-state index contributed by atoms with van der Waals surface area (Å²) < 4.78 is 28.0. The highest BCUT2D eigenvalue weighted by atomic mass is 32.2. The van der Waals surface area contributed by atoms with Crippen LogP contribution < -0.4 is 10.6 Å². The number of thioether (sulfide) groups is 1. The van der Waals surface area contributed by atoms with E-state index in [1.807, 2.05) is 6.92 Å². The molecular weight excluding hydrogens is 388 g/mol. The molecule has 0 spiro atoms. The van der Waals surface area contributed by atoms with Gasteiger partial charge in [0.05, 0.1) is 18.5 Å². The fourth-order valence-corrected chi connectivity index (χ4v) is 5.11. The molecule has 154 valence electrons. The minimum atomic E-state index is -3.26. The van der Waals surface area contributed by atoms with Crippen LogP contribution in [0.4, 0.5) is 0 Å². The van der Waals surface area contributed by atoms with Gasteiger partial charge in [-0.3, -0.25) is 4.68 Å². The number of rotatable bonds is 8. The van der Waals surface area contributed by atoms with E-state index in [4.69, 9.17) is 0 Å². The van der Waals surface area contributed by atoms with Crippen molar-refractivity contribution in [3.8, 4) is 0 Å². The maximum atomic E-state index is 12.4. The average molecular weight is 419 g/mol. The van der Waals surface area contributed by atoms with Crippen molar-refractivity contribution in [1.29, 1.82) is 0 Å². The molecule has 1 fully saturated rings. The second-order valence-electron chi connectivity index (χ2n) is 6.63. The van der Waals surface area contributed by atoms with Crippen molar-refractivity contribution in [2.75, 3.05) is 50.0 Å². The van der Waals surface area contributed by atoms with Gasteiger partial charge in [-0.2, -0.15) is 16.9 Å². The number of sulfonamides is 1. The van der Waals surface area contributed by atoms with Crippen LogP contribution in [0, 0.1) is 0 Å². The van der Waals surface area contributed by atoms with E-state index < -0.39 is 15.6 Å². The minimum absolute atomic E-state index is 0.0150. The molecule has 1 aromatic rings. The second-order valence-corrected chi connectivity index (χ2v) is 9.94. The van der Waals surface area contributed by atoms with Crippen LogP contribution in [0.15, 0.2) is 17.4 Å².